The van der Waals surface area contributed by atoms with Gasteiger partial charge in [-0.05, 0) is 23.8 Å². The molecule has 0 bridgehead atoms. The molecule has 1 amide bonds. The van der Waals surface area contributed by atoms with Crippen molar-refractivity contribution in [3.8, 4) is 0 Å². The third kappa shape index (κ3) is 3.52. The molecule has 0 unspecified atom stereocenters. The summed E-state index contributed by atoms with van der Waals surface area (Å²) in [6, 6.07) is 7.20. The Morgan fingerprint density at radius 3 is 2.64 bits per heavy atom. The molecular formula is C21H18FN5O5S. The maximum atomic E-state index is 13.6. The van der Waals surface area contributed by atoms with Crippen molar-refractivity contribution in [3.05, 3.63) is 70.7 Å². The van der Waals surface area contributed by atoms with Gasteiger partial charge in [0.1, 0.15) is 16.2 Å². The number of carbonyl (C=O) groups is 1. The number of sulfonamides is 1. The van der Waals surface area contributed by atoms with Crippen LogP contribution in [0.5, 0.6) is 0 Å². The average Bonchev–Trinajstić information content (AvgIpc) is 3.17. The molecule has 1 aliphatic rings. The van der Waals surface area contributed by atoms with Crippen molar-refractivity contribution >= 4 is 37.7 Å². The lowest BCUT2D eigenvalue weighted by atomic mass is 10.2. The number of hydrogen-bond acceptors (Lipinski definition) is 6. The van der Waals surface area contributed by atoms with E-state index in [-0.39, 0.29) is 47.4 Å². The molecule has 1 fully saturated rings. The molecule has 5 rings (SSSR count). The van der Waals surface area contributed by atoms with Crippen molar-refractivity contribution in [2.24, 2.45) is 0 Å². The van der Waals surface area contributed by atoms with Gasteiger partial charge in [-0.25, -0.2) is 17.8 Å². The number of pyridine rings is 2. The molecule has 2 N–H and O–H groups in total. The highest BCUT2D eigenvalue weighted by Crippen LogP contribution is 2.33. The van der Waals surface area contributed by atoms with Crippen LogP contribution < -0.4 is 10.9 Å². The topological polar surface area (TPSA) is 127 Å². The first kappa shape index (κ1) is 21.1. The molecular weight excluding hydrogens is 453 g/mol. The minimum atomic E-state index is -4.12. The van der Waals surface area contributed by atoms with Crippen LogP contribution in [0.15, 0.2) is 58.6 Å². The number of fused-ring (bicyclic) bond motifs is 3. The van der Waals surface area contributed by atoms with E-state index in [4.69, 9.17) is 0 Å². The summed E-state index contributed by atoms with van der Waals surface area (Å²) in [4.78, 5) is 28.3. The SMILES string of the molecule is O=C1CN(S(=O)(=O)c2cn(Cc3ccc(F)cc3)c3cnc4c(=O)n(O)ccc4c23)CCN1. The molecule has 4 aromatic rings. The van der Waals surface area contributed by atoms with Gasteiger partial charge in [-0.2, -0.15) is 9.04 Å². The van der Waals surface area contributed by atoms with Gasteiger partial charge in [-0.3, -0.25) is 9.59 Å². The molecule has 3 aromatic heterocycles. The number of aromatic nitrogens is 3. The summed E-state index contributed by atoms with van der Waals surface area (Å²) in [5.41, 5.74) is 0.267. The number of nitrogens with zero attached hydrogens (tertiary/aromatic N) is 4. The number of rotatable bonds is 4. The Morgan fingerprint density at radius 2 is 1.91 bits per heavy atom. The third-order valence-corrected chi connectivity index (χ3v) is 7.46. The predicted molar refractivity (Wildman–Crippen MR) is 116 cm³/mol. The summed E-state index contributed by atoms with van der Waals surface area (Å²) in [6.07, 6.45) is 3.92. The van der Waals surface area contributed by atoms with Crippen LogP contribution >= 0.6 is 0 Å². The Morgan fingerprint density at radius 1 is 1.15 bits per heavy atom. The predicted octanol–water partition coefficient (Wildman–Crippen LogP) is 0.896. The smallest absolute Gasteiger partial charge is 0.309 e. The molecule has 0 aliphatic carbocycles. The van der Waals surface area contributed by atoms with Crippen LogP contribution in [-0.4, -0.2) is 57.8 Å². The molecule has 10 nitrogen and oxygen atoms in total. The van der Waals surface area contributed by atoms with Crippen LogP contribution in [0.4, 0.5) is 4.39 Å². The van der Waals surface area contributed by atoms with Gasteiger partial charge >= 0.3 is 5.56 Å². The minimum absolute atomic E-state index is 0.0863. The molecule has 1 aromatic carbocycles. The Bertz CT molecular complexity index is 1580. The van der Waals surface area contributed by atoms with Gasteiger partial charge in [0.05, 0.1) is 18.3 Å². The molecule has 1 aliphatic heterocycles. The van der Waals surface area contributed by atoms with Gasteiger partial charge in [-0.1, -0.05) is 12.1 Å². The van der Waals surface area contributed by atoms with Crippen molar-refractivity contribution in [2.75, 3.05) is 19.6 Å². The Kier molecular flexibility index (Phi) is 4.91. The normalized spacial score (nSPS) is 15.2. The van der Waals surface area contributed by atoms with Gasteiger partial charge in [-0.15, -0.1) is 0 Å². The monoisotopic (exact) mass is 471 g/mol. The summed E-state index contributed by atoms with van der Waals surface area (Å²) in [5.74, 6) is -0.801. The lowest BCUT2D eigenvalue weighted by Crippen LogP contribution is -2.49. The fourth-order valence-electron chi connectivity index (χ4n) is 3.99. The van der Waals surface area contributed by atoms with Crippen LogP contribution in [0.3, 0.4) is 0 Å². The zero-order chi connectivity index (χ0) is 23.3. The molecule has 33 heavy (non-hydrogen) atoms. The van der Waals surface area contributed by atoms with Crippen molar-refractivity contribution in [1.29, 1.82) is 0 Å². The van der Waals surface area contributed by atoms with Crippen LogP contribution in [0.1, 0.15) is 5.56 Å². The maximum absolute atomic E-state index is 13.6. The molecule has 0 atom stereocenters. The Hall–Kier alpha value is -3.77. The van der Waals surface area contributed by atoms with Gasteiger partial charge in [0, 0.05) is 42.8 Å². The molecule has 0 radical (unpaired) electrons. The molecule has 12 heteroatoms. The van der Waals surface area contributed by atoms with Gasteiger partial charge in [0.2, 0.25) is 15.9 Å². The van der Waals surface area contributed by atoms with E-state index in [1.165, 1.54) is 30.6 Å². The van der Waals surface area contributed by atoms with E-state index in [1.54, 1.807) is 16.7 Å². The number of benzene rings is 1. The summed E-state index contributed by atoms with van der Waals surface area (Å²) >= 11 is 0. The van der Waals surface area contributed by atoms with E-state index < -0.39 is 27.3 Å². The summed E-state index contributed by atoms with van der Waals surface area (Å²) in [7, 11) is -4.12. The second-order valence-electron chi connectivity index (χ2n) is 7.68. The first-order valence-corrected chi connectivity index (χ1v) is 11.4. The second-order valence-corrected chi connectivity index (χ2v) is 9.59. The molecule has 170 valence electrons. The summed E-state index contributed by atoms with van der Waals surface area (Å²) in [6.45, 7) is 0.186. The summed E-state index contributed by atoms with van der Waals surface area (Å²) in [5, 5.41) is 12.8. The van der Waals surface area contributed by atoms with Gasteiger partial charge < -0.3 is 15.1 Å². The van der Waals surface area contributed by atoms with Crippen LogP contribution in [-0.2, 0) is 21.4 Å². The highest BCUT2D eigenvalue weighted by molar-refractivity contribution is 7.89. The van der Waals surface area contributed by atoms with Crippen molar-refractivity contribution in [3.63, 3.8) is 0 Å². The quantitative estimate of drug-likeness (QED) is 0.426. The standard InChI is InChI=1S/C21H18FN5O5S/c22-14-3-1-13(2-4-14)10-25-11-17(33(31,32)26-8-6-23-18(28)12-26)19-15-5-7-27(30)21(29)20(15)24-9-16(19)25/h1-5,7,9,11,30H,6,8,10,12H2,(H,23,28). The Labute approximate surface area is 186 Å². The zero-order valence-electron chi connectivity index (χ0n) is 17.1. The van der Waals surface area contributed by atoms with E-state index in [0.717, 1.165) is 16.1 Å². The number of halogens is 1. The lowest BCUT2D eigenvalue weighted by molar-refractivity contribution is -0.122. The minimum Gasteiger partial charge on any atom is -0.425 e. The van der Waals surface area contributed by atoms with Crippen LogP contribution in [0, 0.1) is 5.82 Å². The van der Waals surface area contributed by atoms with Crippen molar-refractivity contribution in [2.45, 2.75) is 11.4 Å². The van der Waals surface area contributed by atoms with Gasteiger partial charge in [0.15, 0.2) is 0 Å². The largest absolute Gasteiger partial charge is 0.425 e. The summed E-state index contributed by atoms with van der Waals surface area (Å²) < 4.78 is 43.6. The number of carbonyl (C=O) groups excluding carboxylic acids is 1. The second kappa shape index (κ2) is 7.67. The van der Waals surface area contributed by atoms with E-state index in [9.17, 15) is 27.6 Å². The van der Waals surface area contributed by atoms with E-state index >= 15 is 0 Å². The highest BCUT2D eigenvalue weighted by Gasteiger charge is 2.33. The molecule has 4 heterocycles. The first-order valence-electron chi connectivity index (χ1n) is 9.99. The van der Waals surface area contributed by atoms with E-state index in [0.29, 0.717) is 10.2 Å². The fraction of sp³-hybridized carbons (Fsp3) is 0.190. The van der Waals surface area contributed by atoms with E-state index in [2.05, 4.69) is 10.3 Å². The first-order chi connectivity index (χ1) is 15.8. The van der Waals surface area contributed by atoms with Crippen molar-refractivity contribution < 1.29 is 22.8 Å². The zero-order valence-corrected chi connectivity index (χ0v) is 17.9. The van der Waals surface area contributed by atoms with Crippen LogP contribution in [0.25, 0.3) is 21.8 Å². The maximum Gasteiger partial charge on any atom is 0.309 e. The molecule has 0 spiro atoms. The average molecular weight is 471 g/mol. The van der Waals surface area contributed by atoms with E-state index in [1.807, 2.05) is 0 Å². The van der Waals surface area contributed by atoms with Gasteiger partial charge in [0.25, 0.3) is 0 Å². The highest BCUT2D eigenvalue weighted by atomic mass is 32.2. The number of hydrogen-bond donors (Lipinski definition) is 2. The third-order valence-electron chi connectivity index (χ3n) is 5.61. The molecule has 1 saturated heterocycles. The van der Waals surface area contributed by atoms with Crippen LogP contribution in [0.2, 0.25) is 0 Å². The fourth-order valence-corrected chi connectivity index (χ4v) is 5.62. The molecule has 0 saturated carbocycles. The Balaban J connectivity index is 1.77. The number of piperazine rings is 1. The number of amides is 1. The lowest BCUT2D eigenvalue weighted by Gasteiger charge is -2.25. The van der Waals surface area contributed by atoms with Crippen molar-refractivity contribution in [1.82, 2.24) is 23.9 Å². The number of nitrogens with one attached hydrogen (secondary N) is 1.